The first-order valence-corrected chi connectivity index (χ1v) is 8.41. The van der Waals surface area contributed by atoms with Crippen molar-refractivity contribution in [3.05, 3.63) is 40.0 Å². The molecule has 24 heavy (non-hydrogen) atoms. The number of rotatable bonds is 10. The smallest absolute Gasteiger partial charge is 0.311 e. The van der Waals surface area contributed by atoms with E-state index in [-0.39, 0.29) is 17.3 Å². The Balaban J connectivity index is 2.88. The van der Waals surface area contributed by atoms with Gasteiger partial charge >= 0.3 is 5.69 Å². The van der Waals surface area contributed by atoms with E-state index < -0.39 is 4.92 Å². The summed E-state index contributed by atoms with van der Waals surface area (Å²) in [5, 5.41) is 11.2. The average molecular weight is 334 g/mol. The van der Waals surface area contributed by atoms with Crippen LogP contribution in [0, 0.1) is 10.1 Å². The molecule has 6 nitrogen and oxygen atoms in total. The minimum atomic E-state index is -0.469. The summed E-state index contributed by atoms with van der Waals surface area (Å²) in [5.41, 5.74) is 0.516. The van der Waals surface area contributed by atoms with Crippen LogP contribution < -0.4 is 4.74 Å². The third-order valence-corrected chi connectivity index (χ3v) is 3.53. The van der Waals surface area contributed by atoms with Gasteiger partial charge in [0, 0.05) is 25.2 Å². The molecule has 132 valence electrons. The predicted octanol–water partition coefficient (Wildman–Crippen LogP) is 4.05. The highest BCUT2D eigenvalue weighted by Gasteiger charge is 2.15. The van der Waals surface area contributed by atoms with Gasteiger partial charge in [-0.2, -0.15) is 0 Å². The first kappa shape index (κ1) is 19.7. The van der Waals surface area contributed by atoms with Gasteiger partial charge in [0.25, 0.3) is 0 Å². The van der Waals surface area contributed by atoms with Gasteiger partial charge in [-0.05, 0) is 37.5 Å². The molecule has 0 aliphatic carbocycles. The van der Waals surface area contributed by atoms with Crippen LogP contribution in [0.15, 0.2) is 24.3 Å². The van der Waals surface area contributed by atoms with Gasteiger partial charge in [0.15, 0.2) is 5.75 Å². The Morgan fingerprint density at radius 1 is 1.29 bits per heavy atom. The largest absolute Gasteiger partial charge is 0.487 e. The van der Waals surface area contributed by atoms with Gasteiger partial charge in [-0.1, -0.05) is 26.3 Å². The molecule has 0 heterocycles. The number of amides is 1. The number of ether oxygens (including phenoxy) is 1. The monoisotopic (exact) mass is 334 g/mol. The number of nitrogens with zero attached hydrogens (tertiary/aromatic N) is 2. The Labute approximate surface area is 143 Å². The van der Waals surface area contributed by atoms with Gasteiger partial charge in [-0.15, -0.1) is 0 Å². The summed E-state index contributed by atoms with van der Waals surface area (Å²) in [6.45, 7) is 7.75. The van der Waals surface area contributed by atoms with Gasteiger partial charge in [-0.3, -0.25) is 14.9 Å². The lowest BCUT2D eigenvalue weighted by Gasteiger charge is -2.18. The number of carbonyl (C=O) groups excluding carboxylic acids is 1. The average Bonchev–Trinajstić information content (AvgIpc) is 2.58. The number of hydrogen-bond acceptors (Lipinski definition) is 4. The summed E-state index contributed by atoms with van der Waals surface area (Å²) in [4.78, 5) is 24.6. The fourth-order valence-electron chi connectivity index (χ4n) is 2.16. The molecule has 0 saturated carbocycles. The van der Waals surface area contributed by atoms with E-state index in [1.54, 1.807) is 23.1 Å². The maximum absolute atomic E-state index is 12.2. The molecule has 0 fully saturated rings. The van der Waals surface area contributed by atoms with E-state index in [4.69, 9.17) is 4.74 Å². The number of nitro benzene ring substituents is 1. The van der Waals surface area contributed by atoms with E-state index in [9.17, 15) is 14.9 Å². The van der Waals surface area contributed by atoms with Crippen molar-refractivity contribution in [2.45, 2.75) is 40.0 Å². The van der Waals surface area contributed by atoms with Crippen molar-refractivity contribution in [1.29, 1.82) is 0 Å². The molecule has 0 radical (unpaired) electrons. The van der Waals surface area contributed by atoms with E-state index in [1.807, 2.05) is 13.8 Å². The maximum atomic E-state index is 12.2. The Morgan fingerprint density at radius 2 is 2.04 bits per heavy atom. The number of hydrogen-bond donors (Lipinski definition) is 0. The second-order valence-electron chi connectivity index (χ2n) is 5.44. The lowest BCUT2D eigenvalue weighted by Crippen LogP contribution is -2.30. The lowest BCUT2D eigenvalue weighted by molar-refractivity contribution is -0.385. The molecule has 1 aromatic rings. The van der Waals surface area contributed by atoms with Gasteiger partial charge < -0.3 is 9.64 Å². The molecule has 1 aromatic carbocycles. The zero-order valence-corrected chi connectivity index (χ0v) is 14.7. The molecule has 1 amide bonds. The van der Waals surface area contributed by atoms with Crippen LogP contribution in [0.1, 0.15) is 45.6 Å². The lowest BCUT2D eigenvalue weighted by atomic mass is 10.1. The van der Waals surface area contributed by atoms with Crippen LogP contribution in [0.5, 0.6) is 5.75 Å². The van der Waals surface area contributed by atoms with Crippen molar-refractivity contribution in [2.75, 3.05) is 19.7 Å². The van der Waals surface area contributed by atoms with Crippen LogP contribution in [0.2, 0.25) is 0 Å². The third kappa shape index (κ3) is 6.02. The van der Waals surface area contributed by atoms with Crippen LogP contribution in [-0.2, 0) is 4.79 Å². The molecule has 0 bridgehead atoms. The number of nitro groups is 1. The fourth-order valence-corrected chi connectivity index (χ4v) is 2.16. The molecule has 0 aliphatic heterocycles. The Kier molecular flexibility index (Phi) is 8.54. The van der Waals surface area contributed by atoms with Crippen molar-refractivity contribution in [3.8, 4) is 5.75 Å². The van der Waals surface area contributed by atoms with Crippen LogP contribution in [0.4, 0.5) is 5.69 Å². The summed E-state index contributed by atoms with van der Waals surface area (Å²) >= 11 is 0. The van der Waals surface area contributed by atoms with E-state index in [1.165, 1.54) is 12.1 Å². The SMILES string of the molecule is CCCCN(CC)C(=O)/C=C/c1ccc(OCCC)c([N+](=O)[O-])c1. The summed E-state index contributed by atoms with van der Waals surface area (Å²) in [7, 11) is 0. The molecule has 0 N–H and O–H groups in total. The number of likely N-dealkylation sites (N-methyl/N-ethyl adjacent to an activating group) is 1. The van der Waals surface area contributed by atoms with Crippen molar-refractivity contribution in [2.24, 2.45) is 0 Å². The highest BCUT2D eigenvalue weighted by atomic mass is 16.6. The molecular formula is C18H26N2O4. The highest BCUT2D eigenvalue weighted by Crippen LogP contribution is 2.28. The summed E-state index contributed by atoms with van der Waals surface area (Å²) in [6, 6.07) is 4.72. The summed E-state index contributed by atoms with van der Waals surface area (Å²) < 4.78 is 5.39. The van der Waals surface area contributed by atoms with Crippen molar-refractivity contribution >= 4 is 17.7 Å². The Hall–Kier alpha value is -2.37. The van der Waals surface area contributed by atoms with Crippen LogP contribution in [0.25, 0.3) is 6.08 Å². The van der Waals surface area contributed by atoms with Crippen LogP contribution >= 0.6 is 0 Å². The topological polar surface area (TPSA) is 72.7 Å². The normalized spacial score (nSPS) is 10.8. The van der Waals surface area contributed by atoms with E-state index in [0.29, 0.717) is 18.7 Å². The molecule has 0 aromatic heterocycles. The zero-order valence-electron chi connectivity index (χ0n) is 14.7. The van der Waals surface area contributed by atoms with Gasteiger partial charge in [0.2, 0.25) is 5.91 Å². The Bertz CT molecular complexity index is 584. The van der Waals surface area contributed by atoms with Gasteiger partial charge in [-0.25, -0.2) is 0 Å². The molecule has 0 unspecified atom stereocenters. The van der Waals surface area contributed by atoms with Crippen LogP contribution in [0.3, 0.4) is 0 Å². The number of unbranched alkanes of at least 4 members (excludes halogenated alkanes) is 1. The van der Waals surface area contributed by atoms with Crippen molar-refractivity contribution in [3.63, 3.8) is 0 Å². The quantitative estimate of drug-likeness (QED) is 0.368. The van der Waals surface area contributed by atoms with Gasteiger partial charge in [0.05, 0.1) is 11.5 Å². The number of carbonyl (C=O) groups is 1. The molecule has 0 saturated heterocycles. The van der Waals surface area contributed by atoms with Gasteiger partial charge in [0.1, 0.15) is 0 Å². The van der Waals surface area contributed by atoms with E-state index in [2.05, 4.69) is 6.92 Å². The van der Waals surface area contributed by atoms with Crippen molar-refractivity contribution < 1.29 is 14.5 Å². The fraction of sp³-hybridized carbons (Fsp3) is 0.500. The summed E-state index contributed by atoms with van der Waals surface area (Å²) in [6.07, 6.45) is 5.83. The highest BCUT2D eigenvalue weighted by molar-refractivity contribution is 5.91. The molecule has 0 aliphatic rings. The molecule has 0 spiro atoms. The molecule has 1 rings (SSSR count). The second-order valence-corrected chi connectivity index (χ2v) is 5.44. The van der Waals surface area contributed by atoms with E-state index >= 15 is 0 Å². The second kappa shape index (κ2) is 10.4. The maximum Gasteiger partial charge on any atom is 0.311 e. The molecule has 6 heteroatoms. The van der Waals surface area contributed by atoms with Crippen molar-refractivity contribution in [1.82, 2.24) is 4.90 Å². The molecule has 0 atom stereocenters. The first-order valence-electron chi connectivity index (χ1n) is 8.41. The minimum absolute atomic E-state index is 0.0834. The third-order valence-electron chi connectivity index (χ3n) is 3.53. The van der Waals surface area contributed by atoms with Crippen LogP contribution in [-0.4, -0.2) is 35.4 Å². The predicted molar refractivity (Wildman–Crippen MR) is 95.1 cm³/mol. The summed E-state index contributed by atoms with van der Waals surface area (Å²) in [5.74, 6) is 0.170. The zero-order chi connectivity index (χ0) is 17.9. The minimum Gasteiger partial charge on any atom is -0.487 e. The number of benzene rings is 1. The molecular weight excluding hydrogens is 308 g/mol. The first-order chi connectivity index (χ1) is 11.5. The van der Waals surface area contributed by atoms with E-state index in [0.717, 1.165) is 25.8 Å². The Morgan fingerprint density at radius 3 is 2.62 bits per heavy atom. The standard InChI is InChI=1S/C18H26N2O4/c1-4-7-12-19(6-3)18(21)11-9-15-8-10-17(24-13-5-2)16(14-15)20(22)23/h8-11,14H,4-7,12-13H2,1-3H3/b11-9+.